The maximum absolute atomic E-state index is 5.94. The molecule has 0 aliphatic carbocycles. The number of piperazine rings is 1. The summed E-state index contributed by atoms with van der Waals surface area (Å²) in [5.41, 5.74) is 8.65. The van der Waals surface area contributed by atoms with Gasteiger partial charge in [-0.25, -0.2) is 0 Å². The van der Waals surface area contributed by atoms with Crippen LogP contribution in [0.1, 0.15) is 19.4 Å². The van der Waals surface area contributed by atoms with Crippen molar-refractivity contribution in [3.8, 4) is 0 Å². The maximum atomic E-state index is 5.94. The number of hydrogen-bond donors (Lipinski definition) is 1. The van der Waals surface area contributed by atoms with Gasteiger partial charge in [0.15, 0.2) is 0 Å². The third-order valence-corrected chi connectivity index (χ3v) is 3.88. The highest BCUT2D eigenvalue weighted by Crippen LogP contribution is 2.24. The van der Waals surface area contributed by atoms with Gasteiger partial charge in [-0.05, 0) is 38.1 Å². The molecule has 2 rings (SSSR count). The third kappa shape index (κ3) is 2.68. The second kappa shape index (κ2) is 5.72. The predicted molar refractivity (Wildman–Crippen MR) is 78.1 cm³/mol. The third-order valence-electron chi connectivity index (χ3n) is 3.88. The van der Waals surface area contributed by atoms with Crippen LogP contribution in [-0.4, -0.2) is 43.7 Å². The van der Waals surface area contributed by atoms with E-state index in [2.05, 4.69) is 55.0 Å². The molecule has 0 radical (unpaired) electrons. The predicted octanol–water partition coefficient (Wildman–Crippen LogP) is 1.72. The van der Waals surface area contributed by atoms with Gasteiger partial charge in [-0.15, -0.1) is 0 Å². The molecule has 1 aliphatic rings. The molecule has 1 heterocycles. The van der Waals surface area contributed by atoms with Crippen molar-refractivity contribution in [2.45, 2.75) is 32.4 Å². The first-order valence-corrected chi connectivity index (χ1v) is 6.91. The Bertz CT molecular complexity index is 374. The molecule has 1 aromatic rings. The number of aryl methyl sites for hydroxylation is 1. The minimum absolute atomic E-state index is 0.422. The van der Waals surface area contributed by atoms with Crippen molar-refractivity contribution < 1.29 is 0 Å². The molecule has 3 nitrogen and oxygen atoms in total. The van der Waals surface area contributed by atoms with Crippen molar-refractivity contribution in [1.29, 1.82) is 0 Å². The first-order valence-electron chi connectivity index (χ1n) is 6.91. The van der Waals surface area contributed by atoms with Gasteiger partial charge >= 0.3 is 0 Å². The molecule has 100 valence electrons. The summed E-state index contributed by atoms with van der Waals surface area (Å²) >= 11 is 0. The van der Waals surface area contributed by atoms with Gasteiger partial charge in [-0.2, -0.15) is 0 Å². The highest BCUT2D eigenvalue weighted by atomic mass is 15.3. The van der Waals surface area contributed by atoms with Gasteiger partial charge < -0.3 is 15.5 Å². The van der Waals surface area contributed by atoms with Crippen molar-refractivity contribution in [1.82, 2.24) is 4.90 Å². The van der Waals surface area contributed by atoms with Crippen LogP contribution in [0.15, 0.2) is 24.3 Å². The monoisotopic (exact) mass is 247 g/mol. The van der Waals surface area contributed by atoms with Gasteiger partial charge in [0.2, 0.25) is 0 Å². The molecule has 2 atom stereocenters. The number of anilines is 1. The molecule has 1 aromatic carbocycles. The molecule has 1 fully saturated rings. The van der Waals surface area contributed by atoms with E-state index < -0.39 is 0 Å². The smallest absolute Gasteiger partial charge is 0.0542 e. The summed E-state index contributed by atoms with van der Waals surface area (Å²) in [6.07, 6.45) is 1.10. The molecule has 1 aliphatic heterocycles. The van der Waals surface area contributed by atoms with Crippen LogP contribution in [0.4, 0.5) is 5.69 Å². The highest BCUT2D eigenvalue weighted by Gasteiger charge is 2.29. The van der Waals surface area contributed by atoms with Crippen LogP contribution >= 0.6 is 0 Å². The lowest BCUT2D eigenvalue weighted by molar-refractivity contribution is 0.235. The van der Waals surface area contributed by atoms with Crippen molar-refractivity contribution in [2.75, 3.05) is 31.6 Å². The van der Waals surface area contributed by atoms with Crippen LogP contribution in [0, 0.1) is 0 Å². The second-order valence-electron chi connectivity index (χ2n) is 5.39. The Morgan fingerprint density at radius 3 is 2.44 bits per heavy atom. The van der Waals surface area contributed by atoms with Crippen LogP contribution in [0.2, 0.25) is 0 Å². The van der Waals surface area contributed by atoms with E-state index in [-0.39, 0.29) is 0 Å². The van der Waals surface area contributed by atoms with E-state index in [1.807, 2.05) is 0 Å². The van der Waals surface area contributed by atoms with Crippen LogP contribution in [0.3, 0.4) is 0 Å². The summed E-state index contributed by atoms with van der Waals surface area (Å²) in [6.45, 7) is 7.34. The average molecular weight is 247 g/mol. The molecule has 0 spiro atoms. The quantitative estimate of drug-likeness (QED) is 0.882. The first kappa shape index (κ1) is 13.4. The summed E-state index contributed by atoms with van der Waals surface area (Å²) < 4.78 is 0. The molecule has 3 heteroatoms. The zero-order valence-corrected chi connectivity index (χ0v) is 11.8. The molecule has 0 saturated carbocycles. The standard InChI is InChI=1S/C15H25N3/c1-4-13-5-7-14(8-6-13)18-12(2)10-17(3)11-15(18)9-16/h5-8,12,15H,4,9-11,16H2,1-3H3. The van der Waals surface area contributed by atoms with E-state index >= 15 is 0 Å². The molecule has 0 aromatic heterocycles. The fraction of sp³-hybridized carbons (Fsp3) is 0.600. The van der Waals surface area contributed by atoms with Gasteiger partial charge in [0.25, 0.3) is 0 Å². The van der Waals surface area contributed by atoms with Crippen molar-refractivity contribution in [3.63, 3.8) is 0 Å². The number of hydrogen-bond acceptors (Lipinski definition) is 3. The molecule has 0 bridgehead atoms. The zero-order chi connectivity index (χ0) is 13.1. The minimum atomic E-state index is 0.422. The fourth-order valence-corrected chi connectivity index (χ4v) is 2.98. The van der Waals surface area contributed by atoms with E-state index in [4.69, 9.17) is 5.73 Å². The van der Waals surface area contributed by atoms with Crippen molar-refractivity contribution >= 4 is 5.69 Å². The van der Waals surface area contributed by atoms with Crippen LogP contribution in [-0.2, 0) is 6.42 Å². The largest absolute Gasteiger partial charge is 0.362 e. The van der Waals surface area contributed by atoms with E-state index in [9.17, 15) is 0 Å². The highest BCUT2D eigenvalue weighted by molar-refractivity contribution is 5.50. The van der Waals surface area contributed by atoms with Crippen molar-refractivity contribution in [2.24, 2.45) is 5.73 Å². The van der Waals surface area contributed by atoms with Crippen molar-refractivity contribution in [3.05, 3.63) is 29.8 Å². The molecule has 2 unspecified atom stereocenters. The van der Waals surface area contributed by atoms with E-state index in [0.29, 0.717) is 18.6 Å². The average Bonchev–Trinajstić information content (AvgIpc) is 2.38. The van der Waals surface area contributed by atoms with Gasteiger partial charge in [0.05, 0.1) is 6.04 Å². The van der Waals surface area contributed by atoms with E-state index in [1.165, 1.54) is 11.3 Å². The molecular weight excluding hydrogens is 222 g/mol. The Kier molecular flexibility index (Phi) is 4.25. The SMILES string of the molecule is CCc1ccc(N2C(C)CN(C)CC2CN)cc1. The first-order chi connectivity index (χ1) is 8.65. The molecule has 1 saturated heterocycles. The molecular formula is C15H25N3. The van der Waals surface area contributed by atoms with Gasteiger partial charge in [-0.3, -0.25) is 0 Å². The zero-order valence-electron chi connectivity index (χ0n) is 11.8. The summed E-state index contributed by atoms with van der Waals surface area (Å²) in [5, 5.41) is 0. The lowest BCUT2D eigenvalue weighted by Crippen LogP contribution is -2.59. The number of nitrogens with zero attached hydrogens (tertiary/aromatic N) is 2. The number of likely N-dealkylation sites (N-methyl/N-ethyl adjacent to an activating group) is 1. The van der Waals surface area contributed by atoms with E-state index in [0.717, 1.165) is 19.5 Å². The Morgan fingerprint density at radius 1 is 1.22 bits per heavy atom. The number of benzene rings is 1. The number of rotatable bonds is 3. The maximum Gasteiger partial charge on any atom is 0.0542 e. The normalized spacial score (nSPS) is 25.4. The summed E-state index contributed by atoms with van der Waals surface area (Å²) in [7, 11) is 2.18. The summed E-state index contributed by atoms with van der Waals surface area (Å²) in [5.74, 6) is 0. The van der Waals surface area contributed by atoms with Crippen LogP contribution < -0.4 is 10.6 Å². The molecule has 2 N–H and O–H groups in total. The van der Waals surface area contributed by atoms with E-state index in [1.54, 1.807) is 0 Å². The Hall–Kier alpha value is -1.06. The lowest BCUT2D eigenvalue weighted by Gasteiger charge is -2.45. The van der Waals surface area contributed by atoms with Gasteiger partial charge in [-0.1, -0.05) is 19.1 Å². The van der Waals surface area contributed by atoms with Gasteiger partial charge in [0.1, 0.15) is 0 Å². The number of nitrogens with two attached hydrogens (primary N) is 1. The second-order valence-corrected chi connectivity index (χ2v) is 5.39. The summed E-state index contributed by atoms with van der Waals surface area (Å²) in [4.78, 5) is 4.86. The Labute approximate surface area is 111 Å². The van der Waals surface area contributed by atoms with Crippen LogP contribution in [0.25, 0.3) is 0 Å². The molecule has 18 heavy (non-hydrogen) atoms. The summed E-state index contributed by atoms with van der Waals surface area (Å²) in [6, 6.07) is 9.88. The Balaban J connectivity index is 2.22. The Morgan fingerprint density at radius 2 is 1.89 bits per heavy atom. The van der Waals surface area contributed by atoms with Gasteiger partial charge in [0, 0.05) is 31.4 Å². The van der Waals surface area contributed by atoms with Crippen LogP contribution in [0.5, 0.6) is 0 Å². The topological polar surface area (TPSA) is 32.5 Å². The molecule has 0 amide bonds. The fourth-order valence-electron chi connectivity index (χ4n) is 2.98. The minimum Gasteiger partial charge on any atom is -0.362 e. The lowest BCUT2D eigenvalue weighted by atomic mass is 10.0.